The molecule has 2 rings (SSSR count). The fourth-order valence-corrected chi connectivity index (χ4v) is 2.54. The normalized spacial score (nSPS) is 10.0. The van der Waals surface area contributed by atoms with E-state index in [1.165, 1.54) is 5.56 Å². The minimum absolute atomic E-state index is 0.108. The molecule has 0 unspecified atom stereocenters. The molecule has 26 heavy (non-hydrogen) atoms. The number of hydrogen-bond donors (Lipinski definition) is 1. The van der Waals surface area contributed by atoms with E-state index in [0.717, 1.165) is 22.6 Å². The first-order valence-corrected chi connectivity index (χ1v) is 8.64. The SMILES string of the molecule is Cc1ccc(OCCOc2cccc(CCNC(=O)CC#N)c2)c(C)c1. The van der Waals surface area contributed by atoms with Gasteiger partial charge < -0.3 is 14.8 Å². The Morgan fingerprint density at radius 1 is 1.12 bits per heavy atom. The summed E-state index contributed by atoms with van der Waals surface area (Å²) < 4.78 is 11.5. The molecule has 5 heteroatoms. The molecule has 0 fully saturated rings. The molecule has 0 atom stereocenters. The third-order valence-electron chi connectivity index (χ3n) is 3.81. The van der Waals surface area contributed by atoms with E-state index in [9.17, 15) is 4.79 Å². The van der Waals surface area contributed by atoms with Gasteiger partial charge in [0.1, 0.15) is 31.1 Å². The van der Waals surface area contributed by atoms with Crippen LogP contribution in [0.3, 0.4) is 0 Å². The summed E-state index contributed by atoms with van der Waals surface area (Å²) in [5.74, 6) is 1.40. The van der Waals surface area contributed by atoms with Crippen LogP contribution in [0.25, 0.3) is 0 Å². The summed E-state index contributed by atoms with van der Waals surface area (Å²) in [6.07, 6.45) is 0.580. The number of nitriles is 1. The van der Waals surface area contributed by atoms with Gasteiger partial charge in [0.25, 0.3) is 0 Å². The van der Waals surface area contributed by atoms with Crippen LogP contribution in [0.5, 0.6) is 11.5 Å². The average Bonchev–Trinajstić information content (AvgIpc) is 2.61. The zero-order valence-corrected chi connectivity index (χ0v) is 15.2. The molecule has 0 spiro atoms. The first kappa shape index (κ1) is 19.3. The van der Waals surface area contributed by atoms with Crippen molar-refractivity contribution in [1.29, 1.82) is 5.26 Å². The molecule has 1 N–H and O–H groups in total. The molecule has 0 saturated carbocycles. The summed E-state index contributed by atoms with van der Waals surface area (Å²) in [4.78, 5) is 11.3. The summed E-state index contributed by atoms with van der Waals surface area (Å²) in [6.45, 7) is 5.51. The molecular formula is C21H24N2O3. The predicted octanol–water partition coefficient (Wildman–Crippen LogP) is 3.33. The van der Waals surface area contributed by atoms with Crippen molar-refractivity contribution in [3.8, 4) is 17.6 Å². The van der Waals surface area contributed by atoms with E-state index < -0.39 is 0 Å². The van der Waals surface area contributed by atoms with Crippen LogP contribution in [0.1, 0.15) is 23.1 Å². The molecule has 2 aromatic rings. The van der Waals surface area contributed by atoms with Gasteiger partial charge in [0.05, 0.1) is 6.07 Å². The minimum Gasteiger partial charge on any atom is -0.490 e. The van der Waals surface area contributed by atoms with Crippen LogP contribution in [-0.4, -0.2) is 25.7 Å². The first-order chi connectivity index (χ1) is 12.6. The number of hydrogen-bond acceptors (Lipinski definition) is 4. The Hall–Kier alpha value is -3.00. The van der Waals surface area contributed by atoms with Gasteiger partial charge in [-0.2, -0.15) is 5.26 Å². The van der Waals surface area contributed by atoms with E-state index in [4.69, 9.17) is 14.7 Å². The van der Waals surface area contributed by atoms with Gasteiger partial charge in [-0.05, 0) is 49.6 Å². The Kier molecular flexibility index (Phi) is 7.50. The predicted molar refractivity (Wildman–Crippen MR) is 100 cm³/mol. The Morgan fingerprint density at radius 2 is 1.92 bits per heavy atom. The highest BCUT2D eigenvalue weighted by Crippen LogP contribution is 2.19. The van der Waals surface area contributed by atoms with Gasteiger partial charge in [-0.15, -0.1) is 0 Å². The molecule has 5 nitrogen and oxygen atoms in total. The van der Waals surface area contributed by atoms with E-state index in [2.05, 4.69) is 18.3 Å². The lowest BCUT2D eigenvalue weighted by atomic mass is 10.1. The average molecular weight is 352 g/mol. The Bertz CT molecular complexity index is 781. The third kappa shape index (κ3) is 6.48. The Morgan fingerprint density at radius 3 is 2.69 bits per heavy atom. The van der Waals surface area contributed by atoms with Gasteiger partial charge in [-0.3, -0.25) is 4.79 Å². The van der Waals surface area contributed by atoms with E-state index in [-0.39, 0.29) is 12.3 Å². The van der Waals surface area contributed by atoms with Crippen molar-refractivity contribution in [1.82, 2.24) is 5.32 Å². The Balaban J connectivity index is 1.74. The molecule has 0 aliphatic rings. The summed E-state index contributed by atoms with van der Waals surface area (Å²) >= 11 is 0. The second-order valence-corrected chi connectivity index (χ2v) is 6.05. The molecule has 136 valence electrons. The highest BCUT2D eigenvalue weighted by molar-refractivity contribution is 5.77. The zero-order chi connectivity index (χ0) is 18.8. The highest BCUT2D eigenvalue weighted by Gasteiger charge is 2.02. The lowest BCUT2D eigenvalue weighted by Crippen LogP contribution is -2.24. The van der Waals surface area contributed by atoms with E-state index in [1.54, 1.807) is 0 Å². The van der Waals surface area contributed by atoms with Crippen molar-refractivity contribution in [2.75, 3.05) is 19.8 Å². The number of benzene rings is 2. The van der Waals surface area contributed by atoms with Gasteiger partial charge >= 0.3 is 0 Å². The van der Waals surface area contributed by atoms with Crippen LogP contribution < -0.4 is 14.8 Å². The summed E-state index contributed by atoms with van der Waals surface area (Å²) in [7, 11) is 0. The lowest BCUT2D eigenvalue weighted by Gasteiger charge is -2.11. The van der Waals surface area contributed by atoms with Gasteiger partial charge in [0.2, 0.25) is 5.91 Å². The zero-order valence-electron chi connectivity index (χ0n) is 15.2. The van der Waals surface area contributed by atoms with Gasteiger partial charge in [-0.1, -0.05) is 29.8 Å². The molecule has 0 heterocycles. The molecule has 0 radical (unpaired) electrons. The summed E-state index contributed by atoms with van der Waals surface area (Å²) in [6, 6.07) is 15.7. The number of rotatable bonds is 9. The second kappa shape index (κ2) is 10.1. The van der Waals surface area contributed by atoms with E-state index in [0.29, 0.717) is 26.2 Å². The van der Waals surface area contributed by atoms with Crippen molar-refractivity contribution in [3.05, 3.63) is 59.2 Å². The van der Waals surface area contributed by atoms with E-state index >= 15 is 0 Å². The fraction of sp³-hybridized carbons (Fsp3) is 0.333. The largest absolute Gasteiger partial charge is 0.490 e. The minimum atomic E-state index is -0.247. The maximum atomic E-state index is 11.3. The molecule has 0 bridgehead atoms. The van der Waals surface area contributed by atoms with Crippen LogP contribution in [0, 0.1) is 25.2 Å². The third-order valence-corrected chi connectivity index (χ3v) is 3.81. The van der Waals surface area contributed by atoms with Crippen LogP contribution in [0.15, 0.2) is 42.5 Å². The molecule has 2 aromatic carbocycles. The molecule has 0 aromatic heterocycles. The van der Waals surface area contributed by atoms with Crippen molar-refractivity contribution < 1.29 is 14.3 Å². The number of nitrogens with one attached hydrogen (secondary N) is 1. The van der Waals surface area contributed by atoms with Crippen molar-refractivity contribution in [3.63, 3.8) is 0 Å². The molecule has 0 aliphatic heterocycles. The maximum Gasteiger partial charge on any atom is 0.234 e. The standard InChI is InChI=1S/C21H24N2O3/c1-16-6-7-20(17(2)14-16)26-13-12-25-19-5-3-4-18(15-19)9-11-23-21(24)8-10-22/h3-7,14-15H,8-9,11-13H2,1-2H3,(H,23,24). The lowest BCUT2D eigenvalue weighted by molar-refractivity contribution is -0.120. The van der Waals surface area contributed by atoms with Crippen molar-refractivity contribution in [2.45, 2.75) is 26.7 Å². The summed E-state index contributed by atoms with van der Waals surface area (Å²) in [5, 5.41) is 11.2. The smallest absolute Gasteiger partial charge is 0.234 e. The monoisotopic (exact) mass is 352 g/mol. The maximum absolute atomic E-state index is 11.3. The van der Waals surface area contributed by atoms with Crippen LogP contribution >= 0.6 is 0 Å². The number of carbonyl (C=O) groups excluding carboxylic acids is 1. The number of aryl methyl sites for hydroxylation is 2. The second-order valence-electron chi connectivity index (χ2n) is 6.05. The van der Waals surface area contributed by atoms with Gasteiger partial charge in [0.15, 0.2) is 0 Å². The summed E-state index contributed by atoms with van der Waals surface area (Å²) in [5.41, 5.74) is 3.40. The van der Waals surface area contributed by atoms with E-state index in [1.807, 2.05) is 49.4 Å². The number of ether oxygens (including phenoxy) is 2. The van der Waals surface area contributed by atoms with Gasteiger partial charge in [-0.25, -0.2) is 0 Å². The molecule has 0 saturated heterocycles. The fourth-order valence-electron chi connectivity index (χ4n) is 2.54. The van der Waals surface area contributed by atoms with Crippen LogP contribution in [0.4, 0.5) is 0 Å². The number of amides is 1. The van der Waals surface area contributed by atoms with Crippen molar-refractivity contribution in [2.24, 2.45) is 0 Å². The number of nitrogens with zero attached hydrogens (tertiary/aromatic N) is 1. The molecular weight excluding hydrogens is 328 g/mol. The van der Waals surface area contributed by atoms with Gasteiger partial charge in [0, 0.05) is 6.54 Å². The highest BCUT2D eigenvalue weighted by atomic mass is 16.5. The first-order valence-electron chi connectivity index (χ1n) is 8.64. The van der Waals surface area contributed by atoms with Crippen LogP contribution in [0.2, 0.25) is 0 Å². The van der Waals surface area contributed by atoms with Crippen molar-refractivity contribution >= 4 is 5.91 Å². The number of carbonyl (C=O) groups is 1. The quantitative estimate of drug-likeness (QED) is 0.703. The topological polar surface area (TPSA) is 71.3 Å². The molecule has 0 aliphatic carbocycles. The molecule has 1 amide bonds. The Labute approximate surface area is 154 Å². The van der Waals surface area contributed by atoms with Crippen LogP contribution in [-0.2, 0) is 11.2 Å².